The number of carbonyl (C=O) groups is 2. The molecule has 0 aliphatic carbocycles. The van der Waals surface area contributed by atoms with Gasteiger partial charge in [0.2, 0.25) is 5.91 Å². The molecule has 0 saturated carbocycles. The van der Waals surface area contributed by atoms with Crippen LogP contribution in [-0.2, 0) is 9.53 Å². The molecule has 2 heterocycles. The Morgan fingerprint density at radius 3 is 2.14 bits per heavy atom. The van der Waals surface area contributed by atoms with Crippen LogP contribution in [0, 0.1) is 0 Å². The molecule has 2 saturated heterocycles. The van der Waals surface area contributed by atoms with Crippen LogP contribution in [0.15, 0.2) is 18.2 Å². The molecule has 9 heteroatoms. The van der Waals surface area contributed by atoms with E-state index in [1.54, 1.807) is 35.1 Å². The summed E-state index contributed by atoms with van der Waals surface area (Å²) < 4.78 is 15.8. The fraction of sp³-hybridized carbons (Fsp3) is 0.579. The minimum Gasteiger partial charge on any atom is -0.493 e. The monoisotopic (exact) mass is 413 g/mol. The molecule has 2 amide bonds. The SMILES string of the molecule is COc1ccc(C(=O)N2CCN(C(=O)C3(N)CCOCC3)CC2)cc1OC.Cl. The van der Waals surface area contributed by atoms with Crippen molar-refractivity contribution in [3.63, 3.8) is 0 Å². The fourth-order valence-corrected chi connectivity index (χ4v) is 3.53. The molecule has 0 atom stereocenters. The standard InChI is InChI=1S/C19H27N3O5.ClH/c1-25-15-4-3-14(13-16(15)26-2)17(23)21-7-9-22(10-8-21)18(24)19(20)5-11-27-12-6-19;/h3-4,13H,5-12,20H2,1-2H3;1H. The number of benzene rings is 1. The van der Waals surface area contributed by atoms with E-state index in [2.05, 4.69) is 0 Å². The molecule has 0 unspecified atom stereocenters. The Kier molecular flexibility index (Phi) is 7.51. The third-order valence-corrected chi connectivity index (χ3v) is 5.30. The largest absolute Gasteiger partial charge is 0.493 e. The van der Waals surface area contributed by atoms with Gasteiger partial charge in [-0.1, -0.05) is 0 Å². The van der Waals surface area contributed by atoms with Crippen molar-refractivity contribution >= 4 is 24.2 Å². The summed E-state index contributed by atoms with van der Waals surface area (Å²) in [5.74, 6) is 0.969. The summed E-state index contributed by atoms with van der Waals surface area (Å²) in [6.45, 7) is 2.95. The van der Waals surface area contributed by atoms with E-state index in [9.17, 15) is 9.59 Å². The predicted octanol–water partition coefficient (Wildman–Crippen LogP) is 0.918. The number of hydrogen-bond donors (Lipinski definition) is 1. The highest BCUT2D eigenvalue weighted by atomic mass is 35.5. The molecule has 2 aliphatic heterocycles. The molecular weight excluding hydrogens is 386 g/mol. The Morgan fingerprint density at radius 1 is 1.00 bits per heavy atom. The van der Waals surface area contributed by atoms with Crippen LogP contribution in [0.4, 0.5) is 0 Å². The van der Waals surface area contributed by atoms with Crippen molar-refractivity contribution in [2.75, 3.05) is 53.6 Å². The molecule has 156 valence electrons. The van der Waals surface area contributed by atoms with E-state index in [4.69, 9.17) is 19.9 Å². The molecule has 28 heavy (non-hydrogen) atoms. The maximum Gasteiger partial charge on any atom is 0.254 e. The first-order chi connectivity index (χ1) is 13.0. The van der Waals surface area contributed by atoms with Gasteiger partial charge in [0, 0.05) is 45.0 Å². The maximum atomic E-state index is 12.8. The number of halogens is 1. The fourth-order valence-electron chi connectivity index (χ4n) is 3.53. The lowest BCUT2D eigenvalue weighted by atomic mass is 9.89. The van der Waals surface area contributed by atoms with Gasteiger partial charge >= 0.3 is 0 Å². The molecule has 0 spiro atoms. The minimum atomic E-state index is -0.840. The van der Waals surface area contributed by atoms with Crippen LogP contribution >= 0.6 is 12.4 Å². The third kappa shape index (κ3) is 4.51. The van der Waals surface area contributed by atoms with Gasteiger partial charge in [0.15, 0.2) is 11.5 Å². The van der Waals surface area contributed by atoms with Crippen molar-refractivity contribution < 1.29 is 23.8 Å². The smallest absolute Gasteiger partial charge is 0.254 e. The Balaban J connectivity index is 0.00000280. The van der Waals surface area contributed by atoms with Crippen molar-refractivity contribution in [1.29, 1.82) is 0 Å². The lowest BCUT2D eigenvalue weighted by Gasteiger charge is -2.41. The van der Waals surface area contributed by atoms with Gasteiger partial charge in [-0.3, -0.25) is 9.59 Å². The molecule has 0 bridgehead atoms. The van der Waals surface area contributed by atoms with E-state index in [1.165, 1.54) is 7.11 Å². The quantitative estimate of drug-likeness (QED) is 0.788. The number of nitrogens with zero attached hydrogens (tertiary/aromatic N) is 2. The van der Waals surface area contributed by atoms with Crippen molar-refractivity contribution in [2.24, 2.45) is 5.73 Å². The average Bonchev–Trinajstić information content (AvgIpc) is 2.72. The highest BCUT2D eigenvalue weighted by molar-refractivity contribution is 5.95. The maximum absolute atomic E-state index is 12.8. The Bertz CT molecular complexity index is 701. The van der Waals surface area contributed by atoms with Crippen molar-refractivity contribution in [2.45, 2.75) is 18.4 Å². The van der Waals surface area contributed by atoms with E-state index in [-0.39, 0.29) is 24.2 Å². The van der Waals surface area contributed by atoms with Crippen molar-refractivity contribution in [3.8, 4) is 11.5 Å². The van der Waals surface area contributed by atoms with Crippen LogP contribution < -0.4 is 15.2 Å². The summed E-state index contributed by atoms with van der Waals surface area (Å²) in [4.78, 5) is 29.1. The first kappa shape index (κ1) is 22.3. The molecule has 2 fully saturated rings. The van der Waals surface area contributed by atoms with Crippen LogP contribution in [-0.4, -0.2) is 80.8 Å². The van der Waals surface area contributed by atoms with Gasteiger partial charge < -0.3 is 29.7 Å². The number of ether oxygens (including phenoxy) is 3. The van der Waals surface area contributed by atoms with Crippen LogP contribution in [0.25, 0.3) is 0 Å². The summed E-state index contributed by atoms with van der Waals surface area (Å²) in [5, 5.41) is 0. The summed E-state index contributed by atoms with van der Waals surface area (Å²) in [6.07, 6.45) is 1.08. The molecule has 0 aromatic heterocycles. The predicted molar refractivity (Wildman–Crippen MR) is 106 cm³/mol. The first-order valence-electron chi connectivity index (χ1n) is 9.16. The summed E-state index contributed by atoms with van der Waals surface area (Å²) in [6, 6.07) is 5.11. The molecule has 1 aromatic carbocycles. The van der Waals surface area contributed by atoms with E-state index in [1.807, 2.05) is 0 Å². The second kappa shape index (κ2) is 9.45. The van der Waals surface area contributed by atoms with Gasteiger partial charge in [0.05, 0.1) is 19.8 Å². The summed E-state index contributed by atoms with van der Waals surface area (Å²) in [7, 11) is 3.09. The Hall–Kier alpha value is -2.03. The lowest BCUT2D eigenvalue weighted by molar-refractivity contribution is -0.142. The minimum absolute atomic E-state index is 0. The second-order valence-electron chi connectivity index (χ2n) is 6.92. The molecule has 0 radical (unpaired) electrons. The van der Waals surface area contributed by atoms with E-state index in [0.29, 0.717) is 69.3 Å². The van der Waals surface area contributed by atoms with Gasteiger partial charge in [-0.25, -0.2) is 0 Å². The first-order valence-corrected chi connectivity index (χ1v) is 9.16. The molecule has 2 N–H and O–H groups in total. The zero-order valence-electron chi connectivity index (χ0n) is 16.3. The summed E-state index contributed by atoms with van der Waals surface area (Å²) >= 11 is 0. The zero-order valence-corrected chi connectivity index (χ0v) is 17.1. The molecule has 1 aromatic rings. The summed E-state index contributed by atoms with van der Waals surface area (Å²) in [5.41, 5.74) is 6.00. The van der Waals surface area contributed by atoms with Crippen LogP contribution in [0.2, 0.25) is 0 Å². The number of amides is 2. The van der Waals surface area contributed by atoms with Gasteiger partial charge in [-0.05, 0) is 31.0 Å². The van der Waals surface area contributed by atoms with Crippen LogP contribution in [0.3, 0.4) is 0 Å². The topological polar surface area (TPSA) is 94.3 Å². The lowest BCUT2D eigenvalue weighted by Crippen LogP contribution is -2.61. The van der Waals surface area contributed by atoms with Crippen molar-refractivity contribution in [3.05, 3.63) is 23.8 Å². The molecular formula is C19H28ClN3O5. The highest BCUT2D eigenvalue weighted by Gasteiger charge is 2.40. The van der Waals surface area contributed by atoms with E-state index in [0.717, 1.165) is 0 Å². The molecule has 3 rings (SSSR count). The second-order valence-corrected chi connectivity index (χ2v) is 6.92. The number of piperazine rings is 1. The van der Waals surface area contributed by atoms with Gasteiger partial charge in [-0.2, -0.15) is 0 Å². The number of nitrogens with two attached hydrogens (primary N) is 1. The number of rotatable bonds is 4. The van der Waals surface area contributed by atoms with E-state index >= 15 is 0 Å². The molecule has 8 nitrogen and oxygen atoms in total. The Morgan fingerprint density at radius 2 is 1.57 bits per heavy atom. The van der Waals surface area contributed by atoms with Gasteiger partial charge in [0.1, 0.15) is 0 Å². The molecule has 2 aliphatic rings. The number of methoxy groups -OCH3 is 2. The van der Waals surface area contributed by atoms with Crippen LogP contribution in [0.1, 0.15) is 23.2 Å². The number of hydrogen-bond acceptors (Lipinski definition) is 6. The highest BCUT2D eigenvalue weighted by Crippen LogP contribution is 2.28. The van der Waals surface area contributed by atoms with Crippen LogP contribution in [0.5, 0.6) is 11.5 Å². The number of carbonyl (C=O) groups excluding carboxylic acids is 2. The van der Waals surface area contributed by atoms with Gasteiger partial charge in [0.25, 0.3) is 5.91 Å². The Labute approximate surface area is 171 Å². The average molecular weight is 414 g/mol. The van der Waals surface area contributed by atoms with Crippen molar-refractivity contribution in [1.82, 2.24) is 9.80 Å². The zero-order chi connectivity index (χ0) is 19.4. The third-order valence-electron chi connectivity index (χ3n) is 5.30. The van der Waals surface area contributed by atoms with E-state index < -0.39 is 5.54 Å². The van der Waals surface area contributed by atoms with Gasteiger partial charge in [-0.15, -0.1) is 12.4 Å². The normalized spacial score (nSPS) is 18.8.